The van der Waals surface area contributed by atoms with Crippen LogP contribution in [0, 0.1) is 13.8 Å². The van der Waals surface area contributed by atoms with E-state index in [1.54, 1.807) is 6.07 Å². The van der Waals surface area contributed by atoms with Crippen LogP contribution < -0.4 is 0 Å². The molecule has 4 nitrogen and oxygen atoms in total. The number of benzene rings is 1. The van der Waals surface area contributed by atoms with Gasteiger partial charge in [0.15, 0.2) is 5.76 Å². The van der Waals surface area contributed by atoms with Crippen LogP contribution >= 0.6 is 10.7 Å². The van der Waals surface area contributed by atoms with Crippen molar-refractivity contribution in [3.05, 3.63) is 41.1 Å². The summed E-state index contributed by atoms with van der Waals surface area (Å²) in [5.74, 6) is 0.214. The van der Waals surface area contributed by atoms with E-state index in [2.05, 4.69) is 5.16 Å². The van der Waals surface area contributed by atoms with Crippen molar-refractivity contribution in [2.75, 3.05) is 0 Å². The number of aromatic nitrogens is 1. The summed E-state index contributed by atoms with van der Waals surface area (Å²) in [5.41, 5.74) is 3.40. The highest BCUT2D eigenvalue weighted by Gasteiger charge is 2.14. The van der Waals surface area contributed by atoms with Gasteiger partial charge in [0.05, 0.1) is 0 Å². The van der Waals surface area contributed by atoms with Gasteiger partial charge in [-0.05, 0) is 19.4 Å². The molecule has 0 spiro atoms. The van der Waals surface area contributed by atoms with Crippen LogP contribution in [0.4, 0.5) is 0 Å². The van der Waals surface area contributed by atoms with Crippen LogP contribution in [-0.4, -0.2) is 13.6 Å². The first-order valence-corrected chi connectivity index (χ1v) is 7.78. The van der Waals surface area contributed by atoms with Gasteiger partial charge < -0.3 is 4.52 Å². The average Bonchev–Trinajstić information content (AvgIpc) is 2.63. The normalized spacial score (nSPS) is 11.7. The summed E-state index contributed by atoms with van der Waals surface area (Å²) >= 11 is 0. The van der Waals surface area contributed by atoms with Crippen molar-refractivity contribution in [1.82, 2.24) is 5.16 Å². The van der Waals surface area contributed by atoms with E-state index in [1.807, 2.05) is 32.0 Å². The maximum absolute atomic E-state index is 10.9. The number of rotatable bonds is 3. The van der Waals surface area contributed by atoms with Crippen molar-refractivity contribution in [2.24, 2.45) is 0 Å². The van der Waals surface area contributed by atoms with E-state index in [0.29, 0.717) is 11.5 Å². The molecule has 0 radical (unpaired) electrons. The first-order valence-electron chi connectivity index (χ1n) is 5.31. The van der Waals surface area contributed by atoms with Gasteiger partial charge in [-0.25, -0.2) is 8.42 Å². The lowest BCUT2D eigenvalue weighted by Crippen LogP contribution is -1.94. The summed E-state index contributed by atoms with van der Waals surface area (Å²) < 4.78 is 27.0. The molecule has 6 heteroatoms. The van der Waals surface area contributed by atoms with Crippen LogP contribution in [0.15, 0.2) is 28.8 Å². The summed E-state index contributed by atoms with van der Waals surface area (Å²) in [6.07, 6.45) is 0. The van der Waals surface area contributed by atoms with Gasteiger partial charge in [0, 0.05) is 22.3 Å². The molecule has 2 rings (SSSR count). The Hall–Kier alpha value is -1.33. The summed E-state index contributed by atoms with van der Waals surface area (Å²) in [6, 6.07) is 7.50. The molecule has 96 valence electrons. The summed E-state index contributed by atoms with van der Waals surface area (Å²) in [6.45, 7) is 3.96. The minimum atomic E-state index is -3.61. The van der Waals surface area contributed by atoms with Gasteiger partial charge in [-0.2, -0.15) is 0 Å². The molecule has 2 aromatic rings. The second-order valence-corrected chi connectivity index (χ2v) is 6.96. The van der Waals surface area contributed by atoms with E-state index >= 15 is 0 Å². The lowest BCUT2D eigenvalue weighted by atomic mass is 10.0. The van der Waals surface area contributed by atoms with Gasteiger partial charge >= 0.3 is 0 Å². The summed E-state index contributed by atoms with van der Waals surface area (Å²) in [5, 5.41) is 3.70. The van der Waals surface area contributed by atoms with Gasteiger partial charge in [-0.3, -0.25) is 0 Å². The average molecular weight is 286 g/mol. The Labute approximate surface area is 110 Å². The molecule has 1 heterocycles. The smallest absolute Gasteiger partial charge is 0.238 e. The summed E-state index contributed by atoms with van der Waals surface area (Å²) in [4.78, 5) is 0. The topological polar surface area (TPSA) is 60.2 Å². The summed E-state index contributed by atoms with van der Waals surface area (Å²) in [7, 11) is 1.55. The van der Waals surface area contributed by atoms with Crippen LogP contribution in [0.5, 0.6) is 0 Å². The number of nitrogens with zero attached hydrogens (tertiary/aromatic N) is 1. The van der Waals surface area contributed by atoms with Gasteiger partial charge in [0.2, 0.25) is 9.05 Å². The fraction of sp³-hybridized carbons (Fsp3) is 0.250. The molecule has 1 aromatic heterocycles. The molecule has 0 saturated heterocycles. The van der Waals surface area contributed by atoms with E-state index < -0.39 is 9.05 Å². The minimum Gasteiger partial charge on any atom is -0.356 e. The minimum absolute atomic E-state index is 0.306. The fourth-order valence-electron chi connectivity index (χ4n) is 1.77. The Morgan fingerprint density at radius 1 is 1.28 bits per heavy atom. The molecule has 0 saturated carbocycles. The van der Waals surface area contributed by atoms with Gasteiger partial charge in [0.25, 0.3) is 0 Å². The zero-order valence-electron chi connectivity index (χ0n) is 9.97. The van der Waals surface area contributed by atoms with E-state index in [1.165, 1.54) is 0 Å². The molecular weight excluding hydrogens is 274 g/mol. The quantitative estimate of drug-likeness (QED) is 0.813. The number of halogens is 1. The van der Waals surface area contributed by atoms with E-state index in [4.69, 9.17) is 15.2 Å². The molecule has 0 atom stereocenters. The third-order valence-electron chi connectivity index (χ3n) is 2.53. The molecule has 0 bridgehead atoms. The van der Waals surface area contributed by atoms with Crippen molar-refractivity contribution in [3.63, 3.8) is 0 Å². The predicted octanol–water partition coefficient (Wildman–Crippen LogP) is 3.03. The van der Waals surface area contributed by atoms with Gasteiger partial charge in [0.1, 0.15) is 11.4 Å². The lowest BCUT2D eigenvalue weighted by Gasteiger charge is -2.02. The second-order valence-electron chi connectivity index (χ2n) is 4.18. The Bertz CT molecular complexity index is 676. The molecule has 0 N–H and O–H groups in total. The van der Waals surface area contributed by atoms with Crippen molar-refractivity contribution in [3.8, 4) is 11.3 Å². The zero-order chi connectivity index (χ0) is 13.3. The lowest BCUT2D eigenvalue weighted by molar-refractivity contribution is 0.425. The first-order chi connectivity index (χ1) is 8.35. The van der Waals surface area contributed by atoms with E-state index in [-0.39, 0.29) is 5.75 Å². The maximum Gasteiger partial charge on any atom is 0.238 e. The van der Waals surface area contributed by atoms with Crippen molar-refractivity contribution < 1.29 is 12.9 Å². The molecule has 0 fully saturated rings. The molecule has 18 heavy (non-hydrogen) atoms. The number of hydrogen-bond acceptors (Lipinski definition) is 4. The fourth-order valence-corrected chi connectivity index (χ4v) is 2.60. The molecular formula is C12H12ClNO3S. The zero-order valence-corrected chi connectivity index (χ0v) is 11.5. The van der Waals surface area contributed by atoms with Crippen molar-refractivity contribution in [1.29, 1.82) is 0 Å². The standard InChI is InChI=1S/C12H12ClNO3S/c1-8-3-4-11(9(2)5-8)12-6-10(14-17-12)7-18(13,15)16/h3-6H,7H2,1-2H3. The van der Waals surface area contributed by atoms with Crippen LogP contribution in [0.1, 0.15) is 16.8 Å². The van der Waals surface area contributed by atoms with Crippen LogP contribution in [0.2, 0.25) is 0 Å². The van der Waals surface area contributed by atoms with E-state index in [9.17, 15) is 8.42 Å². The molecule has 1 aromatic carbocycles. The highest BCUT2D eigenvalue weighted by atomic mass is 35.7. The number of aryl methyl sites for hydroxylation is 2. The Morgan fingerprint density at radius 2 is 2.00 bits per heavy atom. The number of hydrogen-bond donors (Lipinski definition) is 0. The molecule has 0 amide bonds. The third kappa shape index (κ3) is 3.11. The van der Waals surface area contributed by atoms with Crippen molar-refractivity contribution >= 4 is 19.7 Å². The second kappa shape index (κ2) is 4.74. The molecule has 0 unspecified atom stereocenters. The maximum atomic E-state index is 10.9. The first kappa shape index (κ1) is 13.1. The third-order valence-corrected chi connectivity index (χ3v) is 3.49. The van der Waals surface area contributed by atoms with Crippen molar-refractivity contribution in [2.45, 2.75) is 19.6 Å². The monoisotopic (exact) mass is 285 g/mol. The highest BCUT2D eigenvalue weighted by Crippen LogP contribution is 2.25. The highest BCUT2D eigenvalue weighted by molar-refractivity contribution is 8.13. The largest absolute Gasteiger partial charge is 0.356 e. The molecule has 0 aliphatic heterocycles. The van der Waals surface area contributed by atoms with Gasteiger partial charge in [-0.1, -0.05) is 28.9 Å². The predicted molar refractivity (Wildman–Crippen MR) is 69.9 cm³/mol. The van der Waals surface area contributed by atoms with Crippen LogP contribution in [0.25, 0.3) is 11.3 Å². The van der Waals surface area contributed by atoms with Crippen LogP contribution in [0.3, 0.4) is 0 Å². The van der Waals surface area contributed by atoms with E-state index in [0.717, 1.165) is 16.7 Å². The Morgan fingerprint density at radius 3 is 2.61 bits per heavy atom. The Balaban J connectivity index is 2.35. The van der Waals surface area contributed by atoms with Gasteiger partial charge in [-0.15, -0.1) is 0 Å². The Kier molecular flexibility index (Phi) is 3.45. The molecule has 0 aliphatic rings. The molecule has 0 aliphatic carbocycles. The SMILES string of the molecule is Cc1ccc(-c2cc(CS(=O)(=O)Cl)no2)c(C)c1. The van der Waals surface area contributed by atoms with Crippen LogP contribution in [-0.2, 0) is 14.8 Å².